The molecular formula is C25H17Br2N3O. The predicted molar refractivity (Wildman–Crippen MR) is 132 cm³/mol. The number of amides is 1. The fourth-order valence-electron chi connectivity index (χ4n) is 3.34. The van der Waals surface area contributed by atoms with Crippen molar-refractivity contribution in [3.8, 4) is 6.07 Å². The van der Waals surface area contributed by atoms with Gasteiger partial charge in [-0.1, -0.05) is 62.2 Å². The average molecular weight is 535 g/mol. The van der Waals surface area contributed by atoms with Crippen LogP contribution in [0.25, 0.3) is 17.0 Å². The Morgan fingerprint density at radius 3 is 2.29 bits per heavy atom. The van der Waals surface area contributed by atoms with E-state index in [1.165, 1.54) is 0 Å². The molecule has 0 aliphatic rings. The molecule has 0 aliphatic carbocycles. The fourth-order valence-corrected chi connectivity index (χ4v) is 3.87. The van der Waals surface area contributed by atoms with Crippen LogP contribution in [0.5, 0.6) is 0 Å². The van der Waals surface area contributed by atoms with Gasteiger partial charge in [0.1, 0.15) is 11.6 Å². The van der Waals surface area contributed by atoms with Crippen molar-refractivity contribution in [2.45, 2.75) is 6.54 Å². The van der Waals surface area contributed by atoms with E-state index in [0.717, 1.165) is 31.0 Å². The number of carbonyl (C=O) groups is 1. The van der Waals surface area contributed by atoms with Crippen molar-refractivity contribution < 1.29 is 4.79 Å². The summed E-state index contributed by atoms with van der Waals surface area (Å²) in [5, 5.41) is 13.4. The lowest BCUT2D eigenvalue weighted by Gasteiger charge is -2.05. The van der Waals surface area contributed by atoms with Crippen LogP contribution < -0.4 is 5.32 Å². The number of hydrogen-bond acceptors (Lipinski definition) is 2. The molecule has 4 nitrogen and oxygen atoms in total. The minimum absolute atomic E-state index is 0.0504. The van der Waals surface area contributed by atoms with Crippen LogP contribution in [0.15, 0.2) is 93.5 Å². The second-order valence-corrected chi connectivity index (χ2v) is 8.82. The molecule has 0 spiro atoms. The van der Waals surface area contributed by atoms with E-state index in [2.05, 4.69) is 53.9 Å². The van der Waals surface area contributed by atoms with Gasteiger partial charge in [0, 0.05) is 43.8 Å². The van der Waals surface area contributed by atoms with Gasteiger partial charge in [0.15, 0.2) is 0 Å². The number of fused-ring (bicyclic) bond motifs is 1. The van der Waals surface area contributed by atoms with E-state index in [1.807, 2.05) is 60.8 Å². The number of hydrogen-bond donors (Lipinski definition) is 1. The van der Waals surface area contributed by atoms with E-state index in [9.17, 15) is 10.1 Å². The molecule has 152 valence electrons. The van der Waals surface area contributed by atoms with Crippen molar-refractivity contribution in [2.24, 2.45) is 0 Å². The van der Waals surface area contributed by atoms with Gasteiger partial charge >= 0.3 is 0 Å². The third kappa shape index (κ3) is 4.96. The number of benzene rings is 3. The Bertz CT molecular complexity index is 1310. The zero-order chi connectivity index (χ0) is 21.8. The largest absolute Gasteiger partial charge is 0.342 e. The molecule has 0 saturated heterocycles. The third-order valence-corrected chi connectivity index (χ3v) is 5.91. The first-order chi connectivity index (χ1) is 15.0. The Morgan fingerprint density at radius 1 is 0.968 bits per heavy atom. The van der Waals surface area contributed by atoms with Crippen LogP contribution in [0.4, 0.5) is 5.69 Å². The molecule has 1 amide bonds. The highest BCUT2D eigenvalue weighted by Crippen LogP contribution is 2.25. The van der Waals surface area contributed by atoms with E-state index < -0.39 is 5.91 Å². The topological polar surface area (TPSA) is 57.8 Å². The van der Waals surface area contributed by atoms with Gasteiger partial charge < -0.3 is 9.88 Å². The van der Waals surface area contributed by atoms with Gasteiger partial charge in [-0.15, -0.1) is 0 Å². The zero-order valence-electron chi connectivity index (χ0n) is 16.3. The molecular weight excluding hydrogens is 518 g/mol. The van der Waals surface area contributed by atoms with Gasteiger partial charge in [-0.05, 0) is 54.1 Å². The number of carbonyl (C=O) groups excluding carboxylic acids is 1. The number of halogens is 2. The van der Waals surface area contributed by atoms with Crippen molar-refractivity contribution >= 4 is 60.4 Å². The first-order valence-corrected chi connectivity index (χ1v) is 11.1. The van der Waals surface area contributed by atoms with Crippen molar-refractivity contribution in [3.05, 3.63) is 105 Å². The van der Waals surface area contributed by atoms with Crippen LogP contribution in [0.3, 0.4) is 0 Å². The zero-order valence-corrected chi connectivity index (χ0v) is 19.5. The van der Waals surface area contributed by atoms with Crippen molar-refractivity contribution in [1.82, 2.24) is 4.57 Å². The second-order valence-electron chi connectivity index (χ2n) is 6.99. The number of rotatable bonds is 5. The summed E-state index contributed by atoms with van der Waals surface area (Å²) >= 11 is 6.83. The monoisotopic (exact) mass is 533 g/mol. The summed E-state index contributed by atoms with van der Waals surface area (Å²) < 4.78 is 4.08. The molecule has 0 radical (unpaired) electrons. The summed E-state index contributed by atoms with van der Waals surface area (Å²) in [6, 6.07) is 25.4. The fraction of sp³-hybridized carbons (Fsp3) is 0.0400. The SMILES string of the molecule is N#C/C(=C\c1cn(Cc2ccc(Br)cc2)c2ccccc12)C(=O)Nc1ccc(Br)cc1. The highest BCUT2D eigenvalue weighted by molar-refractivity contribution is 9.10. The van der Waals surface area contributed by atoms with Gasteiger partial charge in [-0.25, -0.2) is 0 Å². The molecule has 0 aliphatic heterocycles. The third-order valence-electron chi connectivity index (χ3n) is 4.85. The molecule has 0 unspecified atom stereocenters. The first-order valence-electron chi connectivity index (χ1n) is 9.54. The molecule has 4 rings (SSSR count). The maximum Gasteiger partial charge on any atom is 0.266 e. The van der Waals surface area contributed by atoms with Gasteiger partial charge in [-0.3, -0.25) is 4.79 Å². The average Bonchev–Trinajstić information content (AvgIpc) is 3.12. The van der Waals surface area contributed by atoms with Crippen molar-refractivity contribution in [2.75, 3.05) is 5.32 Å². The predicted octanol–water partition coefficient (Wildman–Crippen LogP) is 6.76. The van der Waals surface area contributed by atoms with Crippen molar-refractivity contribution in [1.29, 1.82) is 5.26 Å². The van der Waals surface area contributed by atoms with E-state index in [-0.39, 0.29) is 5.57 Å². The minimum atomic E-state index is -0.436. The summed E-state index contributed by atoms with van der Waals surface area (Å²) in [7, 11) is 0. The van der Waals surface area contributed by atoms with Gasteiger partial charge in [0.25, 0.3) is 5.91 Å². The lowest BCUT2D eigenvalue weighted by atomic mass is 10.1. The van der Waals surface area contributed by atoms with Crippen LogP contribution >= 0.6 is 31.9 Å². The number of nitrogens with one attached hydrogen (secondary N) is 1. The lowest BCUT2D eigenvalue weighted by molar-refractivity contribution is -0.112. The van der Waals surface area contributed by atoms with Crippen LogP contribution in [0.1, 0.15) is 11.1 Å². The quantitative estimate of drug-likeness (QED) is 0.227. The molecule has 3 aromatic carbocycles. The standard InChI is InChI=1S/C25H17Br2N3O/c26-20-7-5-17(6-8-20)15-30-16-19(23-3-1-2-4-24(23)30)13-18(14-28)25(31)29-22-11-9-21(27)10-12-22/h1-13,16H,15H2,(H,29,31)/b18-13+. The van der Waals surface area contributed by atoms with Crippen LogP contribution in [0, 0.1) is 11.3 Å². The van der Waals surface area contributed by atoms with E-state index >= 15 is 0 Å². The molecule has 0 saturated carbocycles. The maximum atomic E-state index is 12.7. The molecule has 0 atom stereocenters. The summed E-state index contributed by atoms with van der Waals surface area (Å²) in [4.78, 5) is 12.7. The van der Waals surface area contributed by atoms with Crippen LogP contribution in [-0.4, -0.2) is 10.5 Å². The Balaban J connectivity index is 1.66. The second kappa shape index (κ2) is 9.34. The summed E-state index contributed by atoms with van der Waals surface area (Å²) in [6.45, 7) is 0.689. The number of nitriles is 1. The Morgan fingerprint density at radius 2 is 1.61 bits per heavy atom. The Hall–Kier alpha value is -3.14. The number of anilines is 1. The molecule has 4 aromatic rings. The lowest BCUT2D eigenvalue weighted by Crippen LogP contribution is -2.13. The Labute approximate surface area is 197 Å². The molecule has 6 heteroatoms. The highest BCUT2D eigenvalue weighted by Gasteiger charge is 2.13. The smallest absolute Gasteiger partial charge is 0.266 e. The van der Waals surface area contributed by atoms with Gasteiger partial charge in [-0.2, -0.15) is 5.26 Å². The van der Waals surface area contributed by atoms with E-state index in [0.29, 0.717) is 12.2 Å². The number of nitrogens with zero attached hydrogens (tertiary/aromatic N) is 2. The molecule has 0 fully saturated rings. The highest BCUT2D eigenvalue weighted by atomic mass is 79.9. The van der Waals surface area contributed by atoms with Crippen molar-refractivity contribution in [3.63, 3.8) is 0 Å². The number of aromatic nitrogens is 1. The van der Waals surface area contributed by atoms with E-state index in [1.54, 1.807) is 18.2 Å². The Kier molecular flexibility index (Phi) is 6.36. The summed E-state index contributed by atoms with van der Waals surface area (Å²) in [6.07, 6.45) is 3.63. The summed E-state index contributed by atoms with van der Waals surface area (Å²) in [5.74, 6) is -0.436. The van der Waals surface area contributed by atoms with Crippen LogP contribution in [-0.2, 0) is 11.3 Å². The molecule has 31 heavy (non-hydrogen) atoms. The molecule has 1 heterocycles. The maximum absolute atomic E-state index is 12.7. The molecule has 1 aromatic heterocycles. The van der Waals surface area contributed by atoms with Gasteiger partial charge in [0.2, 0.25) is 0 Å². The normalized spacial score (nSPS) is 11.3. The summed E-state index contributed by atoms with van der Waals surface area (Å²) in [5.41, 5.74) is 3.71. The molecule has 0 bridgehead atoms. The molecule has 1 N–H and O–H groups in total. The number of para-hydroxylation sites is 1. The minimum Gasteiger partial charge on any atom is -0.342 e. The van der Waals surface area contributed by atoms with E-state index in [4.69, 9.17) is 0 Å². The van der Waals surface area contributed by atoms with Gasteiger partial charge in [0.05, 0.1) is 0 Å². The first kappa shape index (κ1) is 21.1. The van der Waals surface area contributed by atoms with Crippen LogP contribution in [0.2, 0.25) is 0 Å².